The van der Waals surface area contributed by atoms with Gasteiger partial charge in [0.05, 0.1) is 16.8 Å². The molecular formula is C19H19BrClN3O2S. The highest BCUT2D eigenvalue weighted by atomic mass is 79.9. The van der Waals surface area contributed by atoms with Crippen molar-refractivity contribution in [1.82, 2.24) is 10.9 Å². The van der Waals surface area contributed by atoms with Gasteiger partial charge in [-0.05, 0) is 80.4 Å². The number of halogens is 2. The second-order valence-corrected chi connectivity index (χ2v) is 7.94. The first-order chi connectivity index (χ1) is 13.0. The van der Waals surface area contributed by atoms with E-state index in [4.69, 9.17) is 28.6 Å². The summed E-state index contributed by atoms with van der Waals surface area (Å²) in [6, 6.07) is 12.4. The zero-order valence-electron chi connectivity index (χ0n) is 14.4. The largest absolute Gasteiger partial charge is 0.490 e. The Morgan fingerprint density at radius 2 is 1.81 bits per heavy atom. The minimum atomic E-state index is -0.298. The van der Waals surface area contributed by atoms with Crippen molar-refractivity contribution >= 4 is 56.5 Å². The fraction of sp³-hybridized carbons (Fsp3) is 0.263. The smallest absolute Gasteiger partial charge is 0.269 e. The van der Waals surface area contributed by atoms with Crippen LogP contribution in [0.3, 0.4) is 0 Å². The minimum Gasteiger partial charge on any atom is -0.490 e. The van der Waals surface area contributed by atoms with E-state index in [0.717, 1.165) is 23.1 Å². The van der Waals surface area contributed by atoms with E-state index in [2.05, 4.69) is 32.1 Å². The van der Waals surface area contributed by atoms with E-state index in [1.165, 1.54) is 12.8 Å². The van der Waals surface area contributed by atoms with Gasteiger partial charge >= 0.3 is 0 Å². The molecule has 3 N–H and O–H groups in total. The normalized spacial score (nSPS) is 13.9. The summed E-state index contributed by atoms with van der Waals surface area (Å²) in [5.41, 5.74) is 6.36. The first kappa shape index (κ1) is 19.9. The van der Waals surface area contributed by atoms with Crippen LogP contribution in [0.25, 0.3) is 0 Å². The van der Waals surface area contributed by atoms with Crippen LogP contribution >= 0.6 is 39.7 Å². The number of anilines is 1. The standard InChI is InChI=1S/C19H19BrClN3O2S/c20-13-7-10-17(16(21)11-13)22-19(27)24-23-18(25)12-5-8-15(9-6-12)26-14-3-1-2-4-14/h5-11,14H,1-4H2,(H,23,25)(H2,22,24,27). The summed E-state index contributed by atoms with van der Waals surface area (Å²) in [6.07, 6.45) is 4.92. The third-order valence-corrected chi connectivity index (χ3v) is 5.20. The quantitative estimate of drug-likeness (QED) is 0.433. The Morgan fingerprint density at radius 3 is 2.48 bits per heavy atom. The number of rotatable bonds is 4. The second-order valence-electron chi connectivity index (χ2n) is 6.21. The van der Waals surface area contributed by atoms with Crippen LogP contribution in [0.2, 0.25) is 5.02 Å². The number of benzene rings is 2. The predicted molar refractivity (Wildman–Crippen MR) is 115 cm³/mol. The van der Waals surface area contributed by atoms with E-state index in [9.17, 15) is 4.79 Å². The average molecular weight is 469 g/mol. The topological polar surface area (TPSA) is 62.4 Å². The summed E-state index contributed by atoms with van der Waals surface area (Å²) in [7, 11) is 0. The molecule has 0 aliphatic heterocycles. The Kier molecular flexibility index (Phi) is 6.93. The van der Waals surface area contributed by atoms with Crippen LogP contribution in [0, 0.1) is 0 Å². The summed E-state index contributed by atoms with van der Waals surface area (Å²) >= 11 is 14.6. The van der Waals surface area contributed by atoms with Crippen molar-refractivity contribution in [2.24, 2.45) is 0 Å². The molecule has 0 bridgehead atoms. The zero-order valence-corrected chi connectivity index (χ0v) is 17.6. The average Bonchev–Trinajstić information content (AvgIpc) is 3.16. The van der Waals surface area contributed by atoms with Gasteiger partial charge in [-0.2, -0.15) is 0 Å². The van der Waals surface area contributed by atoms with E-state index in [1.54, 1.807) is 24.3 Å². The predicted octanol–water partition coefficient (Wildman–Crippen LogP) is 5.06. The molecule has 3 rings (SSSR count). The maximum Gasteiger partial charge on any atom is 0.269 e. The maximum atomic E-state index is 12.2. The third kappa shape index (κ3) is 5.82. The van der Waals surface area contributed by atoms with Crippen molar-refractivity contribution in [3.63, 3.8) is 0 Å². The lowest BCUT2D eigenvalue weighted by Crippen LogP contribution is -2.43. The number of hydrogen-bond acceptors (Lipinski definition) is 3. The molecule has 0 heterocycles. The van der Waals surface area contributed by atoms with E-state index in [1.807, 2.05) is 18.2 Å². The van der Waals surface area contributed by atoms with Gasteiger partial charge in [0.2, 0.25) is 0 Å². The molecule has 0 atom stereocenters. The molecule has 0 unspecified atom stereocenters. The number of nitrogens with one attached hydrogen (secondary N) is 3. The van der Waals surface area contributed by atoms with Gasteiger partial charge in [-0.25, -0.2) is 0 Å². The van der Waals surface area contributed by atoms with E-state index >= 15 is 0 Å². The molecule has 2 aromatic carbocycles. The van der Waals surface area contributed by atoms with Gasteiger partial charge in [0, 0.05) is 10.0 Å². The van der Waals surface area contributed by atoms with Gasteiger partial charge in [-0.15, -0.1) is 0 Å². The second kappa shape index (κ2) is 9.39. The SMILES string of the molecule is O=C(NNC(=S)Nc1ccc(Br)cc1Cl)c1ccc(OC2CCCC2)cc1. The Labute approximate surface area is 176 Å². The monoisotopic (exact) mass is 467 g/mol. The van der Waals surface area contributed by atoms with Crippen molar-refractivity contribution in [1.29, 1.82) is 0 Å². The van der Waals surface area contributed by atoms with Gasteiger partial charge < -0.3 is 10.1 Å². The van der Waals surface area contributed by atoms with Gasteiger partial charge in [-0.3, -0.25) is 15.6 Å². The molecular weight excluding hydrogens is 450 g/mol. The molecule has 1 aliphatic carbocycles. The number of thiocarbonyl (C=S) groups is 1. The molecule has 0 spiro atoms. The molecule has 8 heteroatoms. The number of hydrazine groups is 1. The van der Waals surface area contributed by atoms with Gasteiger partial charge in [-0.1, -0.05) is 27.5 Å². The molecule has 142 valence electrons. The van der Waals surface area contributed by atoms with Crippen LogP contribution in [0.5, 0.6) is 5.75 Å². The van der Waals surface area contributed by atoms with E-state index in [-0.39, 0.29) is 11.0 Å². The fourth-order valence-electron chi connectivity index (χ4n) is 2.81. The van der Waals surface area contributed by atoms with Crippen LogP contribution < -0.4 is 20.9 Å². The third-order valence-electron chi connectivity index (χ3n) is 4.19. The fourth-order valence-corrected chi connectivity index (χ4v) is 3.70. The van der Waals surface area contributed by atoms with Crippen molar-refractivity contribution in [3.05, 3.63) is 57.5 Å². The van der Waals surface area contributed by atoms with E-state index < -0.39 is 0 Å². The Hall–Kier alpha value is -1.83. The molecule has 0 saturated heterocycles. The summed E-state index contributed by atoms with van der Waals surface area (Å²) < 4.78 is 6.77. The van der Waals surface area contributed by atoms with Crippen LogP contribution in [0.4, 0.5) is 5.69 Å². The van der Waals surface area contributed by atoms with Gasteiger partial charge in [0.25, 0.3) is 5.91 Å². The molecule has 0 radical (unpaired) electrons. The highest BCUT2D eigenvalue weighted by molar-refractivity contribution is 9.10. The lowest BCUT2D eigenvalue weighted by atomic mass is 10.2. The summed E-state index contributed by atoms with van der Waals surface area (Å²) in [5, 5.41) is 3.67. The number of carbonyl (C=O) groups is 1. The Balaban J connectivity index is 1.48. The molecule has 1 aliphatic rings. The summed E-state index contributed by atoms with van der Waals surface area (Å²) in [6.45, 7) is 0. The van der Waals surface area contributed by atoms with Crippen molar-refractivity contribution in [2.45, 2.75) is 31.8 Å². The van der Waals surface area contributed by atoms with Gasteiger partial charge in [0.1, 0.15) is 5.75 Å². The molecule has 1 amide bonds. The first-order valence-electron chi connectivity index (χ1n) is 8.60. The Bertz CT molecular complexity index is 826. The summed E-state index contributed by atoms with van der Waals surface area (Å²) in [4.78, 5) is 12.2. The lowest BCUT2D eigenvalue weighted by Gasteiger charge is -2.14. The molecule has 0 aromatic heterocycles. The Morgan fingerprint density at radius 1 is 1.11 bits per heavy atom. The molecule has 2 aromatic rings. The van der Waals surface area contributed by atoms with Gasteiger partial charge in [0.15, 0.2) is 5.11 Å². The van der Waals surface area contributed by atoms with Crippen molar-refractivity contribution in [3.8, 4) is 5.75 Å². The van der Waals surface area contributed by atoms with Crippen molar-refractivity contribution in [2.75, 3.05) is 5.32 Å². The number of hydrogen-bond donors (Lipinski definition) is 3. The molecule has 27 heavy (non-hydrogen) atoms. The molecule has 1 fully saturated rings. The molecule has 1 saturated carbocycles. The first-order valence-corrected chi connectivity index (χ1v) is 10.2. The number of amides is 1. The molecule has 5 nitrogen and oxygen atoms in total. The van der Waals surface area contributed by atoms with Crippen LogP contribution in [-0.2, 0) is 0 Å². The maximum absolute atomic E-state index is 12.2. The van der Waals surface area contributed by atoms with Crippen LogP contribution in [0.15, 0.2) is 46.9 Å². The summed E-state index contributed by atoms with van der Waals surface area (Å²) in [5.74, 6) is 0.488. The van der Waals surface area contributed by atoms with Crippen molar-refractivity contribution < 1.29 is 9.53 Å². The number of ether oxygens (including phenoxy) is 1. The van der Waals surface area contributed by atoms with E-state index in [0.29, 0.717) is 22.4 Å². The highest BCUT2D eigenvalue weighted by Crippen LogP contribution is 2.26. The number of carbonyl (C=O) groups excluding carboxylic acids is 1. The minimum absolute atomic E-state index is 0.230. The lowest BCUT2D eigenvalue weighted by molar-refractivity contribution is 0.0944. The highest BCUT2D eigenvalue weighted by Gasteiger charge is 2.16. The van der Waals surface area contributed by atoms with Crippen LogP contribution in [0.1, 0.15) is 36.0 Å². The zero-order chi connectivity index (χ0) is 19.2. The van der Waals surface area contributed by atoms with Crippen LogP contribution in [-0.4, -0.2) is 17.1 Å².